The molecule has 2 N–H and O–H groups in total. The number of anilines is 1. The van der Waals surface area contributed by atoms with Gasteiger partial charge in [0.15, 0.2) is 6.10 Å². The van der Waals surface area contributed by atoms with Gasteiger partial charge in [-0.15, -0.1) is 0 Å². The van der Waals surface area contributed by atoms with Crippen molar-refractivity contribution in [3.63, 3.8) is 0 Å². The fraction of sp³-hybridized carbons (Fsp3) is 0.590. The third-order valence-electron chi connectivity index (χ3n) is 11.2. The van der Waals surface area contributed by atoms with Crippen molar-refractivity contribution in [3.05, 3.63) is 57.6 Å². The number of phenolic OH excluding ortho intramolecular Hbond substituents is 1. The smallest absolute Gasteiger partial charge is 0.410 e. The standard InChI is InChI=1S/C39H53BrN6O7/c1-3-52-35(47)13-16-42-14-9-30(10-15-42)43-20-22-44(23-21-43)37(49)34(26-28-24-27(2)36(48)32(40)25-28)53-39(51)45-17-11-31(12-18-45)46-19-8-29-6-4-5-7-33(29)41-38(46)50/h4-7,24-25,30-31,34,48H,3,8-23,26H2,1-2H3,(H,41,50)/t34-/m1/s1. The third-order valence-corrected chi connectivity index (χ3v) is 11.8. The number of piperazine rings is 1. The highest BCUT2D eigenvalue weighted by Gasteiger charge is 2.36. The first-order valence-corrected chi connectivity index (χ1v) is 19.9. The highest BCUT2D eigenvalue weighted by Crippen LogP contribution is 2.30. The van der Waals surface area contributed by atoms with E-state index in [0.29, 0.717) is 81.2 Å². The Bertz CT molecular complexity index is 1600. The van der Waals surface area contributed by atoms with Crippen LogP contribution >= 0.6 is 15.9 Å². The maximum atomic E-state index is 14.1. The molecule has 0 saturated carbocycles. The number of hydrogen-bond acceptors (Lipinski definition) is 9. The summed E-state index contributed by atoms with van der Waals surface area (Å²) >= 11 is 3.42. The average molecular weight is 798 g/mol. The molecule has 4 aliphatic rings. The van der Waals surface area contributed by atoms with Gasteiger partial charge in [-0.05, 0) is 104 Å². The van der Waals surface area contributed by atoms with Crippen molar-refractivity contribution in [2.45, 2.75) is 77.0 Å². The number of piperidine rings is 2. The molecule has 2 aromatic carbocycles. The van der Waals surface area contributed by atoms with Crippen molar-refractivity contribution < 1.29 is 33.8 Å². The number of nitrogens with zero attached hydrogens (tertiary/aromatic N) is 5. The van der Waals surface area contributed by atoms with Gasteiger partial charge < -0.3 is 39.5 Å². The average Bonchev–Trinajstić information content (AvgIpc) is 3.34. The monoisotopic (exact) mass is 796 g/mol. The molecule has 3 saturated heterocycles. The van der Waals surface area contributed by atoms with Crippen LogP contribution in [0.25, 0.3) is 0 Å². The Labute approximate surface area is 320 Å². The molecule has 0 aliphatic carbocycles. The molecule has 53 heavy (non-hydrogen) atoms. The first-order valence-electron chi connectivity index (χ1n) is 19.1. The maximum Gasteiger partial charge on any atom is 0.410 e. The molecule has 0 unspecified atom stereocenters. The number of halogens is 1. The maximum absolute atomic E-state index is 14.1. The van der Waals surface area contributed by atoms with Gasteiger partial charge in [-0.3, -0.25) is 14.5 Å². The molecule has 2 aromatic rings. The summed E-state index contributed by atoms with van der Waals surface area (Å²) < 4.78 is 11.7. The van der Waals surface area contributed by atoms with Crippen LogP contribution in [-0.4, -0.2) is 144 Å². The molecule has 6 rings (SSSR count). The second-order valence-electron chi connectivity index (χ2n) is 14.6. The number of likely N-dealkylation sites (tertiary alicyclic amines) is 2. The highest BCUT2D eigenvalue weighted by molar-refractivity contribution is 9.10. The zero-order valence-corrected chi connectivity index (χ0v) is 32.5. The van der Waals surface area contributed by atoms with Gasteiger partial charge in [-0.2, -0.15) is 0 Å². The number of esters is 1. The summed E-state index contributed by atoms with van der Waals surface area (Å²) in [5.74, 6) is -0.230. The van der Waals surface area contributed by atoms with Crippen LogP contribution in [0.5, 0.6) is 5.75 Å². The van der Waals surface area contributed by atoms with Gasteiger partial charge >= 0.3 is 18.1 Å². The number of rotatable bonds is 10. The second-order valence-corrected chi connectivity index (χ2v) is 15.4. The van der Waals surface area contributed by atoms with Crippen LogP contribution in [-0.2, 0) is 31.9 Å². The summed E-state index contributed by atoms with van der Waals surface area (Å²) in [5, 5.41) is 13.4. The summed E-state index contributed by atoms with van der Waals surface area (Å²) in [6, 6.07) is 11.8. The molecule has 288 valence electrons. The Hall–Kier alpha value is -3.88. The van der Waals surface area contributed by atoms with Gasteiger partial charge in [0, 0.05) is 76.5 Å². The summed E-state index contributed by atoms with van der Waals surface area (Å²) in [4.78, 5) is 62.8. The normalized spacial score (nSPS) is 20.0. The van der Waals surface area contributed by atoms with E-state index in [9.17, 15) is 24.3 Å². The number of nitrogens with one attached hydrogen (secondary N) is 1. The molecular formula is C39H53BrN6O7. The molecule has 14 heteroatoms. The lowest BCUT2D eigenvalue weighted by atomic mass is 10.0. The summed E-state index contributed by atoms with van der Waals surface area (Å²) in [5.41, 5.74) is 3.40. The van der Waals surface area contributed by atoms with Crippen molar-refractivity contribution in [2.24, 2.45) is 0 Å². The Morgan fingerprint density at radius 2 is 1.62 bits per heavy atom. The number of aromatic hydroxyl groups is 1. The summed E-state index contributed by atoms with van der Waals surface area (Å²) in [7, 11) is 0. The fourth-order valence-electron chi connectivity index (χ4n) is 8.12. The number of carbonyl (C=O) groups excluding carboxylic acids is 4. The Morgan fingerprint density at radius 3 is 2.32 bits per heavy atom. The second kappa shape index (κ2) is 18.0. The van der Waals surface area contributed by atoms with Crippen LogP contribution in [0.4, 0.5) is 15.3 Å². The number of phenols is 1. The van der Waals surface area contributed by atoms with Crippen LogP contribution in [0.1, 0.15) is 55.7 Å². The Balaban J connectivity index is 1.03. The van der Waals surface area contributed by atoms with Crippen molar-refractivity contribution >= 4 is 45.6 Å². The van der Waals surface area contributed by atoms with Gasteiger partial charge in [-0.1, -0.05) is 24.3 Å². The molecule has 4 aliphatic heterocycles. The molecule has 0 aromatic heterocycles. The first kappa shape index (κ1) is 38.8. The van der Waals surface area contributed by atoms with Gasteiger partial charge in [0.2, 0.25) is 0 Å². The first-order chi connectivity index (χ1) is 25.6. The Kier molecular flexibility index (Phi) is 13.2. The lowest BCUT2D eigenvalue weighted by Gasteiger charge is -2.43. The predicted octanol–water partition coefficient (Wildman–Crippen LogP) is 4.63. The van der Waals surface area contributed by atoms with Crippen molar-refractivity contribution in [1.29, 1.82) is 0 Å². The van der Waals surface area contributed by atoms with E-state index in [2.05, 4.69) is 31.0 Å². The topological polar surface area (TPSA) is 135 Å². The summed E-state index contributed by atoms with van der Waals surface area (Å²) in [6.07, 6.45) is 3.06. The van der Waals surface area contributed by atoms with Crippen LogP contribution < -0.4 is 5.32 Å². The molecule has 4 amide bonds. The van der Waals surface area contributed by atoms with Gasteiger partial charge in [0.05, 0.1) is 17.5 Å². The molecular weight excluding hydrogens is 744 g/mol. The number of ether oxygens (including phenoxy) is 2. The number of benzene rings is 2. The fourth-order valence-corrected chi connectivity index (χ4v) is 8.72. The van der Waals surface area contributed by atoms with Crippen LogP contribution in [0.2, 0.25) is 0 Å². The van der Waals surface area contributed by atoms with Gasteiger partial charge in [-0.25, -0.2) is 9.59 Å². The number of para-hydroxylation sites is 1. The van der Waals surface area contributed by atoms with Gasteiger partial charge in [0.1, 0.15) is 5.75 Å². The molecule has 4 heterocycles. The number of hydrogen-bond donors (Lipinski definition) is 2. The largest absolute Gasteiger partial charge is 0.506 e. The van der Waals surface area contributed by atoms with Gasteiger partial charge in [0.25, 0.3) is 5.91 Å². The zero-order valence-electron chi connectivity index (χ0n) is 30.9. The quantitative estimate of drug-likeness (QED) is 0.331. The molecule has 0 radical (unpaired) electrons. The minimum absolute atomic E-state index is 0.00348. The zero-order chi connectivity index (χ0) is 37.5. The number of carbonyl (C=O) groups is 4. The van der Waals surface area contributed by atoms with E-state index in [1.165, 1.54) is 0 Å². The number of urea groups is 1. The van der Waals surface area contributed by atoms with E-state index in [-0.39, 0.29) is 36.1 Å². The summed E-state index contributed by atoms with van der Waals surface area (Å²) in [6.45, 7) is 10.6. The predicted molar refractivity (Wildman–Crippen MR) is 204 cm³/mol. The number of fused-ring (bicyclic) bond motifs is 1. The van der Waals surface area contributed by atoms with Crippen LogP contribution in [0.15, 0.2) is 40.9 Å². The molecule has 3 fully saturated rings. The highest BCUT2D eigenvalue weighted by atomic mass is 79.9. The molecule has 0 bridgehead atoms. The number of amides is 4. The van der Waals surface area contributed by atoms with Crippen LogP contribution in [0.3, 0.4) is 0 Å². The van der Waals surface area contributed by atoms with Crippen molar-refractivity contribution in [3.8, 4) is 5.75 Å². The van der Waals surface area contributed by atoms with Crippen molar-refractivity contribution in [2.75, 3.05) is 77.4 Å². The van der Waals surface area contributed by atoms with E-state index < -0.39 is 12.2 Å². The Morgan fingerprint density at radius 1 is 0.925 bits per heavy atom. The third kappa shape index (κ3) is 9.81. The number of aryl methyl sites for hydroxylation is 1. The SMILES string of the molecule is CCOC(=O)CCN1CCC(N2CCN(C(=O)[C@@H](Cc3cc(C)c(O)c(Br)c3)OC(=O)N3CCC(N4CCc5ccccc5NC4=O)CC3)CC2)CC1. The molecule has 1 atom stereocenters. The van der Waals surface area contributed by atoms with E-state index >= 15 is 0 Å². The lowest BCUT2D eigenvalue weighted by molar-refractivity contribution is -0.144. The minimum atomic E-state index is -1.03. The lowest BCUT2D eigenvalue weighted by Crippen LogP contribution is -2.56. The van der Waals surface area contributed by atoms with E-state index in [1.54, 1.807) is 17.9 Å². The van der Waals surface area contributed by atoms with Crippen molar-refractivity contribution in [1.82, 2.24) is 24.5 Å². The van der Waals surface area contributed by atoms with E-state index in [0.717, 1.165) is 62.3 Å². The van der Waals surface area contributed by atoms with Crippen LogP contribution in [0, 0.1) is 6.92 Å². The van der Waals surface area contributed by atoms with E-state index in [1.807, 2.05) is 47.1 Å². The minimum Gasteiger partial charge on any atom is -0.506 e. The molecule has 0 spiro atoms. The van der Waals surface area contributed by atoms with E-state index in [4.69, 9.17) is 9.47 Å². The molecule has 13 nitrogen and oxygen atoms in total.